The molecule has 4 atom stereocenters. The number of hydrogen-bond donors (Lipinski definition) is 10. The number of aliphatic carboxylic acids is 2. The zero-order chi connectivity index (χ0) is 27.8. The molecule has 3 amide bonds. The number of nitrogens with one attached hydrogen (secondary N) is 5. The van der Waals surface area contributed by atoms with E-state index in [1.807, 2.05) is 0 Å². The van der Waals surface area contributed by atoms with Gasteiger partial charge < -0.3 is 42.9 Å². The Bertz CT molecular complexity index is 858. The lowest BCUT2D eigenvalue weighted by atomic mass is 10.1. The Labute approximate surface area is 217 Å². The maximum atomic E-state index is 12.9. The predicted octanol–water partition coefficient (Wildman–Crippen LogP) is -3.32. The second-order valence-electron chi connectivity index (χ2n) is 7.36. The number of amides is 3. The van der Waals surface area contributed by atoms with Crippen LogP contribution in [0.1, 0.15) is 25.7 Å². The largest absolute Gasteiger partial charge is 0.481 e. The number of rotatable bonds is 18. The van der Waals surface area contributed by atoms with Crippen molar-refractivity contribution in [1.82, 2.24) is 21.3 Å². The number of guanidine groups is 1. The topological polar surface area (TPSA) is 267 Å². The summed E-state index contributed by atoms with van der Waals surface area (Å²) in [5.74, 6) is -6.78. The molecule has 17 heteroatoms. The quantitative estimate of drug-likeness (QED) is 0.0265. The third-order valence-corrected chi connectivity index (χ3v) is 4.94. The van der Waals surface area contributed by atoms with Crippen LogP contribution in [0, 0.1) is 11.8 Å². The van der Waals surface area contributed by atoms with Crippen molar-refractivity contribution < 1.29 is 39.0 Å². The molecule has 0 aromatic heterocycles. The number of carbonyl (C=O) groups excluding carboxylic acids is 4. The first-order chi connectivity index (χ1) is 16.8. The van der Waals surface area contributed by atoms with Crippen LogP contribution in [0.5, 0.6) is 0 Å². The summed E-state index contributed by atoms with van der Waals surface area (Å²) < 4.78 is 0. The minimum Gasteiger partial charge on any atom is -0.481 e. The molecule has 11 N–H and O–H groups in total. The number of thiol groups is 1. The number of hydrogen-bond acceptors (Lipinski definition) is 10. The Morgan fingerprint density at radius 1 is 0.917 bits per heavy atom. The highest BCUT2D eigenvalue weighted by Gasteiger charge is 2.31. The van der Waals surface area contributed by atoms with E-state index in [-0.39, 0.29) is 31.1 Å². The zero-order valence-electron chi connectivity index (χ0n) is 19.1. The number of ketones is 1. The molecule has 0 aromatic carbocycles. The van der Waals surface area contributed by atoms with Gasteiger partial charge in [-0.1, -0.05) is 12.2 Å². The number of carboxylic acids is 2. The zero-order valence-corrected chi connectivity index (χ0v) is 20.8. The van der Waals surface area contributed by atoms with E-state index in [2.05, 4.69) is 46.1 Å². The van der Waals surface area contributed by atoms with Gasteiger partial charge in [0.05, 0.1) is 31.3 Å². The van der Waals surface area contributed by atoms with Crippen LogP contribution in [-0.4, -0.2) is 93.4 Å². The van der Waals surface area contributed by atoms with E-state index in [0.717, 1.165) is 11.8 Å². The molecular weight excluding hydrogens is 518 g/mol. The minimum atomic E-state index is -1.64. The van der Waals surface area contributed by atoms with Gasteiger partial charge in [0.2, 0.25) is 17.7 Å². The van der Waals surface area contributed by atoms with E-state index in [9.17, 15) is 33.9 Å². The summed E-state index contributed by atoms with van der Waals surface area (Å²) in [7, 11) is 0. The summed E-state index contributed by atoms with van der Waals surface area (Å²) in [5.41, 5.74) is 10.7. The summed E-state index contributed by atoms with van der Waals surface area (Å²) in [5, 5.41) is 35.4. The number of carbonyl (C=O) groups is 6. The summed E-state index contributed by atoms with van der Waals surface area (Å²) in [4.78, 5) is 71.9. The summed E-state index contributed by atoms with van der Waals surface area (Å²) in [6, 6.07) is -5.61. The molecule has 0 aliphatic heterocycles. The first-order valence-corrected chi connectivity index (χ1v) is 11.5. The molecule has 36 heavy (non-hydrogen) atoms. The second-order valence-corrected chi connectivity index (χ2v) is 7.99. The molecule has 1 radical (unpaired) electrons. The van der Waals surface area contributed by atoms with Crippen LogP contribution < -0.4 is 32.7 Å². The average Bonchev–Trinajstić information content (AvgIpc) is 2.77. The van der Waals surface area contributed by atoms with E-state index >= 15 is 0 Å². The van der Waals surface area contributed by atoms with Crippen molar-refractivity contribution in [1.29, 1.82) is 5.41 Å². The van der Waals surface area contributed by atoms with E-state index in [0.29, 0.717) is 0 Å². The molecule has 201 valence electrons. The molecule has 0 bridgehead atoms. The van der Waals surface area contributed by atoms with Gasteiger partial charge in [0.1, 0.15) is 12.1 Å². The van der Waals surface area contributed by atoms with Crippen molar-refractivity contribution in [3.8, 4) is 0 Å². The molecule has 0 rings (SSSR count). The maximum Gasteiger partial charge on any atom is 0.305 e. The van der Waals surface area contributed by atoms with Crippen LogP contribution in [0.25, 0.3) is 0 Å². The van der Waals surface area contributed by atoms with Crippen LogP contribution in [0.4, 0.5) is 0 Å². The van der Waals surface area contributed by atoms with Crippen LogP contribution in [0.15, 0.2) is 0 Å². The standard InChI is InChI=1S/C19H30N7O8S2/c20-9(6-14(28)29)16(32)24-10(2-1-4-23-19(21)22)17(33)25-11(7-15(30)31)18(34)26-12(8-36)13(27)3-5-35/h3,5,9-12,36H,1-2,4,6-8,20H2,(H,24,32)(H,25,33)(H,26,34)(H,28,29)(H,30,31)(H4,21,22,23)/t9-,10-,11-,12-/m0/s1. The lowest BCUT2D eigenvalue weighted by Gasteiger charge is -2.24. The lowest BCUT2D eigenvalue weighted by molar-refractivity contribution is -0.141. The summed E-state index contributed by atoms with van der Waals surface area (Å²) in [6.45, 7) is 0.136. The third kappa shape index (κ3) is 13.5. The van der Waals surface area contributed by atoms with E-state index in [1.165, 1.54) is 0 Å². The van der Waals surface area contributed by atoms with Gasteiger partial charge in [0.25, 0.3) is 0 Å². The highest BCUT2D eigenvalue weighted by Crippen LogP contribution is 2.04. The third-order valence-electron chi connectivity index (χ3n) is 4.44. The lowest BCUT2D eigenvalue weighted by Crippen LogP contribution is -2.58. The predicted molar refractivity (Wildman–Crippen MR) is 134 cm³/mol. The first kappa shape index (κ1) is 32.7. The van der Waals surface area contributed by atoms with Crippen molar-refractivity contribution in [3.63, 3.8) is 0 Å². The fourth-order valence-electron chi connectivity index (χ4n) is 2.68. The van der Waals surface area contributed by atoms with Crippen LogP contribution in [-0.2, 0) is 28.8 Å². The number of carboxylic acid groups (broad SMARTS) is 2. The highest BCUT2D eigenvalue weighted by molar-refractivity contribution is 7.80. The molecule has 0 saturated heterocycles. The smallest absolute Gasteiger partial charge is 0.305 e. The number of thiocarbonyl (C=S) groups is 1. The average molecular weight is 549 g/mol. The summed E-state index contributed by atoms with van der Waals surface area (Å²) in [6.07, 6.45) is -0.435. The van der Waals surface area contributed by atoms with Gasteiger partial charge in [-0.2, -0.15) is 12.6 Å². The molecule has 0 aliphatic rings. The van der Waals surface area contributed by atoms with Crippen LogP contribution in [0.2, 0.25) is 0 Å². The maximum absolute atomic E-state index is 12.9. The van der Waals surface area contributed by atoms with Gasteiger partial charge in [-0.05, 0) is 18.2 Å². The number of nitrogens with two attached hydrogens (primary N) is 2. The molecule has 0 saturated carbocycles. The molecule has 0 aromatic rings. The SMILES string of the molecule is N=C(N)NCCC[C@H](NC(=O)[C@@H](N)CC(=O)O)C(=O)N[C@@H](CC(=O)O)C(=O)N[C@@H](CS)C(=O)[CH]C=S. The summed E-state index contributed by atoms with van der Waals surface area (Å²) >= 11 is 8.53. The van der Waals surface area contributed by atoms with Gasteiger partial charge in [0.15, 0.2) is 11.7 Å². The molecule has 0 spiro atoms. The Balaban J connectivity index is 5.59. The van der Waals surface area contributed by atoms with Gasteiger partial charge in [-0.15, -0.1) is 0 Å². The number of Topliss-reactive ketones (excluding diaryl/α,β-unsaturated/α-hetero) is 1. The Kier molecular flexibility index (Phi) is 15.6. The fraction of sp³-hybridized carbons (Fsp3) is 0.526. The van der Waals surface area contributed by atoms with Crippen molar-refractivity contribution in [2.24, 2.45) is 11.5 Å². The van der Waals surface area contributed by atoms with Crippen molar-refractivity contribution >= 4 is 71.6 Å². The molecule has 0 heterocycles. The second kappa shape index (κ2) is 17.2. The normalized spacial score (nSPS) is 13.7. The van der Waals surface area contributed by atoms with E-state index in [1.54, 1.807) is 0 Å². The van der Waals surface area contributed by atoms with Gasteiger partial charge in [-0.3, -0.25) is 34.2 Å². The Morgan fingerprint density at radius 2 is 1.44 bits per heavy atom. The van der Waals surface area contributed by atoms with Crippen LogP contribution in [0.3, 0.4) is 0 Å². The molecule has 0 fully saturated rings. The van der Waals surface area contributed by atoms with E-state index < -0.39 is 72.5 Å². The van der Waals surface area contributed by atoms with E-state index in [4.69, 9.17) is 22.0 Å². The Hall–Kier alpha value is -3.31. The van der Waals surface area contributed by atoms with Crippen molar-refractivity contribution in [2.75, 3.05) is 12.3 Å². The highest BCUT2D eigenvalue weighted by atomic mass is 32.1. The van der Waals surface area contributed by atoms with Crippen LogP contribution >= 0.6 is 24.8 Å². The monoisotopic (exact) mass is 548 g/mol. The Morgan fingerprint density at radius 3 is 1.94 bits per heavy atom. The van der Waals surface area contributed by atoms with Gasteiger partial charge in [0, 0.05) is 12.3 Å². The fourth-order valence-corrected chi connectivity index (χ4v) is 3.08. The minimum absolute atomic E-state index is 0.0690. The molecule has 0 unspecified atom stereocenters. The molecule has 0 aliphatic carbocycles. The van der Waals surface area contributed by atoms with Crippen molar-refractivity contribution in [3.05, 3.63) is 6.42 Å². The van der Waals surface area contributed by atoms with Gasteiger partial charge >= 0.3 is 11.9 Å². The van der Waals surface area contributed by atoms with Gasteiger partial charge in [-0.25, -0.2) is 0 Å². The first-order valence-electron chi connectivity index (χ1n) is 10.4. The van der Waals surface area contributed by atoms with Crippen molar-refractivity contribution in [2.45, 2.75) is 49.9 Å². The molecule has 15 nitrogen and oxygen atoms in total. The molecular formula is C19H30N7O8S2.